The molecule has 5 heteroatoms. The van der Waals surface area contributed by atoms with Gasteiger partial charge in [-0.1, -0.05) is 0 Å². The van der Waals surface area contributed by atoms with Gasteiger partial charge in [0.25, 0.3) is 5.91 Å². The summed E-state index contributed by atoms with van der Waals surface area (Å²) in [4.78, 5) is 11.7. The van der Waals surface area contributed by atoms with E-state index in [-0.39, 0.29) is 11.7 Å². The zero-order chi connectivity index (χ0) is 13.5. The summed E-state index contributed by atoms with van der Waals surface area (Å²) >= 11 is 1.88. The summed E-state index contributed by atoms with van der Waals surface area (Å²) in [6.07, 6.45) is 2.19. The summed E-state index contributed by atoms with van der Waals surface area (Å²) in [7, 11) is 0. The summed E-state index contributed by atoms with van der Waals surface area (Å²) < 4.78 is 18.0. The van der Waals surface area contributed by atoms with E-state index in [1.807, 2.05) is 11.8 Å². The number of thioether (sulfide) groups is 1. The van der Waals surface area contributed by atoms with Crippen LogP contribution in [0.2, 0.25) is 0 Å². The first-order valence-corrected chi connectivity index (χ1v) is 7.54. The van der Waals surface area contributed by atoms with Gasteiger partial charge in [-0.3, -0.25) is 4.79 Å². The topological polar surface area (TPSA) is 38.3 Å². The quantitative estimate of drug-likeness (QED) is 0.844. The summed E-state index contributed by atoms with van der Waals surface area (Å²) in [6, 6.07) is 5.59. The van der Waals surface area contributed by atoms with E-state index < -0.39 is 0 Å². The minimum atomic E-state index is -0.327. The SMILES string of the molecule is O=C(NCCSC1CCOCC1)c1ccc(F)cc1. The van der Waals surface area contributed by atoms with Crippen LogP contribution in [0.4, 0.5) is 4.39 Å². The van der Waals surface area contributed by atoms with Crippen molar-refractivity contribution in [2.24, 2.45) is 0 Å². The van der Waals surface area contributed by atoms with Gasteiger partial charge in [-0.05, 0) is 37.1 Å². The minimum Gasteiger partial charge on any atom is -0.381 e. The van der Waals surface area contributed by atoms with Gasteiger partial charge in [0.15, 0.2) is 0 Å². The standard InChI is InChI=1S/C14H18FNO2S/c15-12-3-1-11(2-4-12)14(17)16-7-10-19-13-5-8-18-9-6-13/h1-4,13H,5-10H2,(H,16,17). The van der Waals surface area contributed by atoms with E-state index in [4.69, 9.17) is 4.74 Å². The van der Waals surface area contributed by atoms with E-state index in [1.165, 1.54) is 24.3 Å². The first-order chi connectivity index (χ1) is 9.25. The van der Waals surface area contributed by atoms with Crippen molar-refractivity contribution in [1.29, 1.82) is 0 Å². The normalized spacial score (nSPS) is 16.3. The zero-order valence-electron chi connectivity index (χ0n) is 10.7. The number of hydrogen-bond donors (Lipinski definition) is 1. The molecule has 0 unspecified atom stereocenters. The first kappa shape index (κ1) is 14.3. The Labute approximate surface area is 116 Å². The second-order valence-electron chi connectivity index (χ2n) is 4.45. The minimum absolute atomic E-state index is 0.146. The molecule has 1 heterocycles. The number of amides is 1. The number of halogens is 1. The molecule has 0 aromatic heterocycles. The van der Waals surface area contributed by atoms with Crippen LogP contribution < -0.4 is 5.32 Å². The zero-order valence-corrected chi connectivity index (χ0v) is 11.5. The van der Waals surface area contributed by atoms with Crippen LogP contribution in [-0.2, 0) is 4.74 Å². The fraction of sp³-hybridized carbons (Fsp3) is 0.500. The van der Waals surface area contributed by atoms with Gasteiger partial charge in [0, 0.05) is 36.3 Å². The Hall–Kier alpha value is -1.07. The molecule has 1 amide bonds. The van der Waals surface area contributed by atoms with Gasteiger partial charge in [0.2, 0.25) is 0 Å². The Morgan fingerprint density at radius 2 is 2.00 bits per heavy atom. The smallest absolute Gasteiger partial charge is 0.251 e. The molecule has 104 valence electrons. The van der Waals surface area contributed by atoms with Gasteiger partial charge < -0.3 is 10.1 Å². The molecule has 1 aliphatic heterocycles. The van der Waals surface area contributed by atoms with E-state index >= 15 is 0 Å². The lowest BCUT2D eigenvalue weighted by Crippen LogP contribution is -2.27. The molecule has 0 atom stereocenters. The van der Waals surface area contributed by atoms with Crippen LogP contribution in [0.5, 0.6) is 0 Å². The van der Waals surface area contributed by atoms with E-state index in [1.54, 1.807) is 0 Å². The highest BCUT2D eigenvalue weighted by molar-refractivity contribution is 7.99. The molecule has 3 nitrogen and oxygen atoms in total. The molecule has 1 fully saturated rings. The lowest BCUT2D eigenvalue weighted by atomic mass is 10.2. The van der Waals surface area contributed by atoms with Crippen LogP contribution in [0, 0.1) is 5.82 Å². The van der Waals surface area contributed by atoms with Gasteiger partial charge in [0.1, 0.15) is 5.82 Å². The Kier molecular flexibility index (Phi) is 5.66. The average Bonchev–Trinajstić information content (AvgIpc) is 2.45. The molecule has 2 rings (SSSR count). The Morgan fingerprint density at radius 1 is 1.32 bits per heavy atom. The molecule has 1 N–H and O–H groups in total. The van der Waals surface area contributed by atoms with Gasteiger partial charge in [-0.2, -0.15) is 11.8 Å². The third-order valence-electron chi connectivity index (χ3n) is 3.02. The fourth-order valence-electron chi connectivity index (χ4n) is 1.94. The van der Waals surface area contributed by atoms with Gasteiger partial charge >= 0.3 is 0 Å². The maximum atomic E-state index is 12.7. The molecule has 0 spiro atoms. The Bertz CT molecular complexity index is 404. The molecular weight excluding hydrogens is 265 g/mol. The second kappa shape index (κ2) is 7.50. The molecule has 1 saturated heterocycles. The van der Waals surface area contributed by atoms with Crippen molar-refractivity contribution in [3.05, 3.63) is 35.6 Å². The van der Waals surface area contributed by atoms with Gasteiger partial charge in [-0.25, -0.2) is 4.39 Å². The van der Waals surface area contributed by atoms with Crippen molar-refractivity contribution in [3.8, 4) is 0 Å². The maximum absolute atomic E-state index is 12.7. The van der Waals surface area contributed by atoms with Crippen molar-refractivity contribution in [2.45, 2.75) is 18.1 Å². The highest BCUT2D eigenvalue weighted by Crippen LogP contribution is 2.21. The van der Waals surface area contributed by atoms with Gasteiger partial charge in [-0.15, -0.1) is 0 Å². The van der Waals surface area contributed by atoms with Crippen molar-refractivity contribution >= 4 is 17.7 Å². The first-order valence-electron chi connectivity index (χ1n) is 6.49. The molecule has 0 bridgehead atoms. The number of rotatable bonds is 5. The lowest BCUT2D eigenvalue weighted by molar-refractivity contribution is 0.0955. The lowest BCUT2D eigenvalue weighted by Gasteiger charge is -2.21. The predicted octanol–water partition coefficient (Wildman–Crippen LogP) is 2.47. The van der Waals surface area contributed by atoms with Crippen LogP contribution in [0.15, 0.2) is 24.3 Å². The number of hydrogen-bond acceptors (Lipinski definition) is 3. The van der Waals surface area contributed by atoms with E-state index in [9.17, 15) is 9.18 Å². The van der Waals surface area contributed by atoms with Crippen molar-refractivity contribution in [3.63, 3.8) is 0 Å². The van der Waals surface area contributed by atoms with E-state index in [0.29, 0.717) is 17.4 Å². The predicted molar refractivity (Wildman–Crippen MR) is 75.0 cm³/mol. The number of ether oxygens (including phenoxy) is 1. The summed E-state index contributed by atoms with van der Waals surface area (Å²) in [6.45, 7) is 2.33. The second-order valence-corrected chi connectivity index (χ2v) is 5.85. The maximum Gasteiger partial charge on any atom is 0.251 e. The number of nitrogens with one attached hydrogen (secondary N) is 1. The Morgan fingerprint density at radius 3 is 2.68 bits per heavy atom. The molecule has 0 saturated carbocycles. The number of carbonyl (C=O) groups excluding carboxylic acids is 1. The Balaban J connectivity index is 1.64. The van der Waals surface area contributed by atoms with Crippen molar-refractivity contribution in [2.75, 3.05) is 25.5 Å². The van der Waals surface area contributed by atoms with E-state index in [2.05, 4.69) is 5.32 Å². The third kappa shape index (κ3) is 4.84. The molecule has 1 aromatic rings. The van der Waals surface area contributed by atoms with Crippen LogP contribution in [0.1, 0.15) is 23.2 Å². The number of carbonyl (C=O) groups is 1. The molecule has 1 aliphatic rings. The number of benzene rings is 1. The monoisotopic (exact) mass is 283 g/mol. The summed E-state index contributed by atoms with van der Waals surface area (Å²) in [5.41, 5.74) is 0.498. The molecule has 0 aliphatic carbocycles. The van der Waals surface area contributed by atoms with Crippen molar-refractivity contribution < 1.29 is 13.9 Å². The van der Waals surface area contributed by atoms with E-state index in [0.717, 1.165) is 31.8 Å². The summed E-state index contributed by atoms with van der Waals surface area (Å²) in [5, 5.41) is 3.49. The largest absolute Gasteiger partial charge is 0.381 e. The van der Waals surface area contributed by atoms with Crippen LogP contribution in [0.3, 0.4) is 0 Å². The molecule has 1 aromatic carbocycles. The van der Waals surface area contributed by atoms with Crippen LogP contribution in [0.25, 0.3) is 0 Å². The molecule has 0 radical (unpaired) electrons. The van der Waals surface area contributed by atoms with Crippen LogP contribution >= 0.6 is 11.8 Å². The van der Waals surface area contributed by atoms with Crippen molar-refractivity contribution in [1.82, 2.24) is 5.32 Å². The molecular formula is C14H18FNO2S. The van der Waals surface area contributed by atoms with Crippen LogP contribution in [-0.4, -0.2) is 36.7 Å². The molecule has 19 heavy (non-hydrogen) atoms. The summed E-state index contributed by atoms with van der Waals surface area (Å²) in [5.74, 6) is 0.427. The third-order valence-corrected chi connectivity index (χ3v) is 4.40. The van der Waals surface area contributed by atoms with Gasteiger partial charge in [0.05, 0.1) is 0 Å². The fourth-order valence-corrected chi connectivity index (χ4v) is 3.02. The highest BCUT2D eigenvalue weighted by Gasteiger charge is 2.13. The average molecular weight is 283 g/mol. The highest BCUT2D eigenvalue weighted by atomic mass is 32.2.